The summed E-state index contributed by atoms with van der Waals surface area (Å²) < 4.78 is 0. The Morgan fingerprint density at radius 1 is 1.47 bits per heavy atom. The molecule has 0 aliphatic carbocycles. The van der Waals surface area contributed by atoms with Gasteiger partial charge in [0.1, 0.15) is 0 Å². The first-order valence-electron chi connectivity index (χ1n) is 4.52. The predicted octanol–water partition coefficient (Wildman–Crippen LogP) is 1.82. The van der Waals surface area contributed by atoms with Crippen molar-refractivity contribution >= 4 is 5.78 Å². The molecule has 1 aromatic carbocycles. The maximum absolute atomic E-state index is 11.6. The highest BCUT2D eigenvalue weighted by Crippen LogP contribution is 2.05. The van der Waals surface area contributed by atoms with Crippen LogP contribution in [0.3, 0.4) is 0 Å². The highest BCUT2D eigenvalue weighted by molar-refractivity contribution is 6.04. The number of allylic oxidation sites excluding steroid dienone is 1. The van der Waals surface area contributed by atoms with Gasteiger partial charge in [-0.25, -0.2) is 0 Å². The van der Waals surface area contributed by atoms with Crippen LogP contribution < -0.4 is 0 Å². The molecule has 0 bridgehead atoms. The lowest BCUT2D eigenvalue weighted by molar-refractivity contribution is 0.104. The van der Waals surface area contributed by atoms with Gasteiger partial charge in [-0.3, -0.25) is 4.79 Å². The normalized spacial score (nSPS) is 9.93. The van der Waals surface area contributed by atoms with Gasteiger partial charge in [-0.2, -0.15) is 5.26 Å². The molecular formula is C12H12N2O. The molecule has 0 saturated carbocycles. The topological polar surface area (TPSA) is 44.1 Å². The third-order valence-corrected chi connectivity index (χ3v) is 1.80. The van der Waals surface area contributed by atoms with Crippen LogP contribution >= 0.6 is 0 Å². The third kappa shape index (κ3) is 3.28. The zero-order valence-electron chi connectivity index (χ0n) is 8.77. The van der Waals surface area contributed by atoms with Crippen LogP contribution in [0.15, 0.2) is 36.5 Å². The van der Waals surface area contributed by atoms with Crippen molar-refractivity contribution in [2.45, 2.75) is 0 Å². The third-order valence-electron chi connectivity index (χ3n) is 1.80. The van der Waals surface area contributed by atoms with E-state index in [1.165, 1.54) is 6.08 Å². The average molecular weight is 200 g/mol. The van der Waals surface area contributed by atoms with Crippen LogP contribution in [0.1, 0.15) is 15.9 Å². The molecular weight excluding hydrogens is 188 g/mol. The summed E-state index contributed by atoms with van der Waals surface area (Å²) in [4.78, 5) is 13.4. The van der Waals surface area contributed by atoms with Crippen molar-refractivity contribution in [1.82, 2.24) is 4.90 Å². The SMILES string of the molecule is CN(C)C=CC(=O)c1cccc(C#N)c1. The van der Waals surface area contributed by atoms with E-state index in [9.17, 15) is 4.79 Å². The zero-order valence-corrected chi connectivity index (χ0v) is 8.77. The lowest BCUT2D eigenvalue weighted by Crippen LogP contribution is -2.03. The first-order valence-corrected chi connectivity index (χ1v) is 4.52. The number of carbonyl (C=O) groups excluding carboxylic acids is 1. The standard InChI is InChI=1S/C12H12N2O/c1-14(2)7-6-12(15)11-5-3-4-10(8-11)9-13/h3-8H,1-2H3. The van der Waals surface area contributed by atoms with Gasteiger partial charge >= 0.3 is 0 Å². The van der Waals surface area contributed by atoms with Gasteiger partial charge in [0.15, 0.2) is 5.78 Å². The summed E-state index contributed by atoms with van der Waals surface area (Å²) in [6.07, 6.45) is 3.16. The van der Waals surface area contributed by atoms with Crippen molar-refractivity contribution in [1.29, 1.82) is 5.26 Å². The van der Waals surface area contributed by atoms with Gasteiger partial charge in [0.05, 0.1) is 11.6 Å². The van der Waals surface area contributed by atoms with Gasteiger partial charge in [-0.05, 0) is 12.1 Å². The van der Waals surface area contributed by atoms with E-state index in [4.69, 9.17) is 5.26 Å². The van der Waals surface area contributed by atoms with Crippen molar-refractivity contribution < 1.29 is 4.79 Å². The van der Waals surface area contributed by atoms with Crippen LogP contribution in [-0.2, 0) is 0 Å². The summed E-state index contributed by atoms with van der Waals surface area (Å²) in [5, 5.41) is 8.67. The zero-order chi connectivity index (χ0) is 11.3. The quantitative estimate of drug-likeness (QED) is 0.552. The minimum atomic E-state index is -0.0965. The van der Waals surface area contributed by atoms with Crippen LogP contribution in [0.4, 0.5) is 0 Å². The Morgan fingerprint density at radius 2 is 2.20 bits per heavy atom. The number of ketones is 1. The van der Waals surface area contributed by atoms with E-state index in [2.05, 4.69) is 0 Å². The molecule has 0 amide bonds. The van der Waals surface area contributed by atoms with Crippen molar-refractivity contribution in [2.24, 2.45) is 0 Å². The summed E-state index contributed by atoms with van der Waals surface area (Å²) in [6.45, 7) is 0. The van der Waals surface area contributed by atoms with Crippen molar-refractivity contribution in [3.05, 3.63) is 47.7 Å². The van der Waals surface area contributed by atoms with Crippen LogP contribution in [0.5, 0.6) is 0 Å². The number of benzene rings is 1. The summed E-state index contributed by atoms with van der Waals surface area (Å²) in [6, 6.07) is 8.66. The van der Waals surface area contributed by atoms with E-state index in [1.54, 1.807) is 35.4 Å². The molecule has 0 radical (unpaired) electrons. The largest absolute Gasteiger partial charge is 0.383 e. The summed E-state index contributed by atoms with van der Waals surface area (Å²) in [5.41, 5.74) is 1.03. The second kappa shape index (κ2) is 4.97. The molecule has 0 heterocycles. The molecule has 1 rings (SSSR count). The van der Waals surface area contributed by atoms with Crippen molar-refractivity contribution in [3.8, 4) is 6.07 Å². The van der Waals surface area contributed by atoms with E-state index in [0.29, 0.717) is 11.1 Å². The molecule has 76 valence electrons. The monoisotopic (exact) mass is 200 g/mol. The van der Waals surface area contributed by atoms with Crippen LogP contribution in [0, 0.1) is 11.3 Å². The van der Waals surface area contributed by atoms with Gasteiger partial charge < -0.3 is 4.90 Å². The molecule has 0 N–H and O–H groups in total. The number of carbonyl (C=O) groups is 1. The smallest absolute Gasteiger partial charge is 0.187 e. The summed E-state index contributed by atoms with van der Waals surface area (Å²) in [7, 11) is 3.69. The molecule has 0 aliphatic rings. The van der Waals surface area contributed by atoms with E-state index in [-0.39, 0.29) is 5.78 Å². The van der Waals surface area contributed by atoms with Crippen LogP contribution in [-0.4, -0.2) is 24.8 Å². The van der Waals surface area contributed by atoms with Crippen molar-refractivity contribution in [2.75, 3.05) is 14.1 Å². The summed E-state index contributed by atoms with van der Waals surface area (Å²) >= 11 is 0. The number of nitriles is 1. The molecule has 0 aromatic heterocycles. The Labute approximate surface area is 89.2 Å². The van der Waals surface area contributed by atoms with Gasteiger partial charge in [0.25, 0.3) is 0 Å². The average Bonchev–Trinajstić information content (AvgIpc) is 2.26. The Kier molecular flexibility index (Phi) is 3.64. The minimum absolute atomic E-state index is 0.0965. The Bertz CT molecular complexity index is 427. The minimum Gasteiger partial charge on any atom is -0.383 e. The molecule has 0 atom stereocenters. The van der Waals surface area contributed by atoms with Gasteiger partial charge in [0.2, 0.25) is 0 Å². The van der Waals surface area contributed by atoms with Gasteiger partial charge in [0, 0.05) is 31.9 Å². The second-order valence-corrected chi connectivity index (χ2v) is 3.34. The first kappa shape index (κ1) is 11.0. The molecule has 3 heteroatoms. The second-order valence-electron chi connectivity index (χ2n) is 3.34. The first-order chi connectivity index (χ1) is 7.13. The number of hydrogen-bond donors (Lipinski definition) is 0. The van der Waals surface area contributed by atoms with Gasteiger partial charge in [-0.1, -0.05) is 12.1 Å². The van der Waals surface area contributed by atoms with Crippen LogP contribution in [0.2, 0.25) is 0 Å². The van der Waals surface area contributed by atoms with Crippen molar-refractivity contribution in [3.63, 3.8) is 0 Å². The molecule has 1 aromatic rings. The Hall–Kier alpha value is -2.08. The summed E-state index contributed by atoms with van der Waals surface area (Å²) in [5.74, 6) is -0.0965. The Balaban J connectivity index is 2.88. The molecule has 0 saturated heterocycles. The van der Waals surface area contributed by atoms with E-state index in [1.807, 2.05) is 20.2 Å². The fraction of sp³-hybridized carbons (Fsp3) is 0.167. The number of rotatable bonds is 3. The lowest BCUT2D eigenvalue weighted by Gasteiger charge is -2.02. The highest BCUT2D eigenvalue weighted by Gasteiger charge is 2.02. The highest BCUT2D eigenvalue weighted by atomic mass is 16.1. The fourth-order valence-corrected chi connectivity index (χ4v) is 1.06. The fourth-order valence-electron chi connectivity index (χ4n) is 1.06. The molecule has 15 heavy (non-hydrogen) atoms. The number of nitrogens with zero attached hydrogens (tertiary/aromatic N) is 2. The van der Waals surface area contributed by atoms with Gasteiger partial charge in [-0.15, -0.1) is 0 Å². The molecule has 0 spiro atoms. The van der Waals surface area contributed by atoms with E-state index in [0.717, 1.165) is 0 Å². The Morgan fingerprint density at radius 3 is 2.80 bits per heavy atom. The maximum Gasteiger partial charge on any atom is 0.187 e. The predicted molar refractivity (Wildman–Crippen MR) is 58.3 cm³/mol. The molecule has 0 aliphatic heterocycles. The van der Waals surface area contributed by atoms with Crippen LogP contribution in [0.25, 0.3) is 0 Å². The molecule has 0 fully saturated rings. The maximum atomic E-state index is 11.6. The lowest BCUT2D eigenvalue weighted by atomic mass is 10.1. The van der Waals surface area contributed by atoms with E-state index < -0.39 is 0 Å². The molecule has 3 nitrogen and oxygen atoms in total. The number of hydrogen-bond acceptors (Lipinski definition) is 3. The van der Waals surface area contributed by atoms with E-state index >= 15 is 0 Å². The molecule has 0 unspecified atom stereocenters.